The molecular weight excluding hydrogens is 418 g/mol. The highest BCUT2D eigenvalue weighted by molar-refractivity contribution is 9.10. The number of halogens is 1. The average Bonchev–Trinajstić information content (AvgIpc) is 3.21. The van der Waals surface area contributed by atoms with Crippen LogP contribution in [0.25, 0.3) is 15.4 Å². The lowest BCUT2D eigenvalue weighted by atomic mass is 9.91. The molecule has 1 aromatic carbocycles. The zero-order valence-corrected chi connectivity index (χ0v) is 16.7. The van der Waals surface area contributed by atoms with E-state index in [0.29, 0.717) is 10.5 Å². The molecule has 2 aromatic heterocycles. The van der Waals surface area contributed by atoms with E-state index >= 15 is 0 Å². The van der Waals surface area contributed by atoms with Crippen molar-refractivity contribution in [3.8, 4) is 15.4 Å². The number of aromatic nitrogens is 3. The number of nitrogens with zero attached hydrogens (tertiary/aromatic N) is 3. The molecule has 0 unspecified atom stereocenters. The number of hydrogen-bond acceptors (Lipinski definition) is 5. The summed E-state index contributed by atoms with van der Waals surface area (Å²) in [6.45, 7) is 0. The smallest absolute Gasteiger partial charge is 0.206 e. The van der Waals surface area contributed by atoms with E-state index in [9.17, 15) is 4.79 Å². The number of fused-ring (bicyclic) bond motifs is 1. The Morgan fingerprint density at radius 3 is 2.68 bits per heavy atom. The average molecular weight is 434 g/mol. The van der Waals surface area contributed by atoms with Gasteiger partial charge < -0.3 is 4.79 Å². The van der Waals surface area contributed by atoms with Crippen molar-refractivity contribution in [1.82, 2.24) is 14.8 Å². The first-order valence-electron chi connectivity index (χ1n) is 8.17. The largest absolute Gasteiger partial charge is 0.302 e. The van der Waals surface area contributed by atoms with Gasteiger partial charge in [-0.3, -0.25) is 4.57 Å². The molecule has 0 N–H and O–H groups in total. The molecule has 2 heterocycles. The standard InChI is InChI=1S/C18H16BrN3OS2/c19-17-20-21-18(24-11-10-23)22(17)16-14-9-5-4-8-13(14)15(25-16)12-6-2-1-3-7-12/h1-3,6-7,10H,4-5,8-9,11H2. The number of hydrogen-bond donors (Lipinski definition) is 0. The SMILES string of the molecule is O=CCSc1nnc(Br)n1-c1sc(-c2ccccc2)c2c1CCCC2. The van der Waals surface area contributed by atoms with Crippen LogP contribution in [-0.4, -0.2) is 26.8 Å². The molecule has 3 aromatic rings. The molecule has 0 fully saturated rings. The second-order valence-corrected chi connectivity index (χ2v) is 8.53. The van der Waals surface area contributed by atoms with E-state index in [2.05, 4.69) is 61.0 Å². The maximum atomic E-state index is 10.8. The summed E-state index contributed by atoms with van der Waals surface area (Å²) in [7, 11) is 0. The first-order chi connectivity index (χ1) is 12.3. The van der Waals surface area contributed by atoms with Crippen LogP contribution in [0, 0.1) is 0 Å². The number of benzene rings is 1. The molecule has 7 heteroatoms. The lowest BCUT2D eigenvalue weighted by molar-refractivity contribution is -0.105. The quantitative estimate of drug-likeness (QED) is 0.422. The van der Waals surface area contributed by atoms with Gasteiger partial charge in [-0.25, -0.2) is 0 Å². The molecule has 4 nitrogen and oxygen atoms in total. The second kappa shape index (κ2) is 7.43. The lowest BCUT2D eigenvalue weighted by Gasteiger charge is -2.15. The molecule has 0 bridgehead atoms. The Bertz CT molecular complexity index is 905. The van der Waals surface area contributed by atoms with Crippen molar-refractivity contribution in [3.63, 3.8) is 0 Å². The van der Waals surface area contributed by atoms with Crippen LogP contribution < -0.4 is 0 Å². The van der Waals surface area contributed by atoms with Gasteiger partial charge in [0.1, 0.15) is 11.3 Å². The third-order valence-corrected chi connectivity index (χ3v) is 6.96. The minimum absolute atomic E-state index is 0.379. The van der Waals surface area contributed by atoms with Gasteiger partial charge in [0, 0.05) is 4.88 Å². The Morgan fingerprint density at radius 2 is 1.92 bits per heavy atom. The van der Waals surface area contributed by atoms with E-state index in [0.717, 1.165) is 24.3 Å². The third kappa shape index (κ3) is 3.20. The fourth-order valence-electron chi connectivity index (χ4n) is 3.24. The van der Waals surface area contributed by atoms with Gasteiger partial charge in [0.05, 0.1) is 5.75 Å². The summed E-state index contributed by atoms with van der Waals surface area (Å²) in [5.74, 6) is 0.379. The minimum atomic E-state index is 0.379. The number of aldehydes is 1. The van der Waals surface area contributed by atoms with Crippen molar-refractivity contribution in [3.05, 3.63) is 46.2 Å². The number of thiophene rings is 1. The maximum Gasteiger partial charge on any atom is 0.206 e. The topological polar surface area (TPSA) is 47.8 Å². The first-order valence-corrected chi connectivity index (χ1v) is 10.8. The summed E-state index contributed by atoms with van der Waals surface area (Å²) in [6, 6.07) is 10.6. The van der Waals surface area contributed by atoms with Crippen molar-refractivity contribution < 1.29 is 4.79 Å². The molecule has 0 spiro atoms. The monoisotopic (exact) mass is 433 g/mol. The molecule has 25 heavy (non-hydrogen) atoms. The predicted molar refractivity (Wildman–Crippen MR) is 106 cm³/mol. The van der Waals surface area contributed by atoms with Crippen LogP contribution in [0.15, 0.2) is 40.2 Å². The Balaban J connectivity index is 1.88. The predicted octanol–water partition coefficient (Wildman–Crippen LogP) is 4.93. The molecular formula is C18H16BrN3OS2. The zero-order valence-electron chi connectivity index (χ0n) is 13.4. The second-order valence-electron chi connectivity index (χ2n) is 5.83. The van der Waals surface area contributed by atoms with Crippen molar-refractivity contribution in [1.29, 1.82) is 0 Å². The van der Waals surface area contributed by atoms with E-state index in [1.807, 2.05) is 0 Å². The lowest BCUT2D eigenvalue weighted by Crippen LogP contribution is -2.05. The summed E-state index contributed by atoms with van der Waals surface area (Å²) in [6.07, 6.45) is 5.54. The summed E-state index contributed by atoms with van der Waals surface area (Å²) in [5, 5.41) is 10.4. The van der Waals surface area contributed by atoms with Gasteiger partial charge in [-0.05, 0) is 58.3 Å². The van der Waals surface area contributed by atoms with Crippen LogP contribution in [0.1, 0.15) is 24.0 Å². The Hall–Kier alpha value is -1.44. The molecule has 0 amide bonds. The Morgan fingerprint density at radius 1 is 1.16 bits per heavy atom. The van der Waals surface area contributed by atoms with Gasteiger partial charge in [0.25, 0.3) is 0 Å². The number of rotatable bonds is 5. The van der Waals surface area contributed by atoms with Crippen LogP contribution >= 0.6 is 39.0 Å². The number of thioether (sulfide) groups is 1. The van der Waals surface area contributed by atoms with E-state index in [1.165, 1.54) is 51.2 Å². The Kier molecular flexibility index (Phi) is 5.05. The molecule has 0 aliphatic heterocycles. The van der Waals surface area contributed by atoms with Crippen molar-refractivity contribution in [2.45, 2.75) is 30.8 Å². The van der Waals surface area contributed by atoms with Gasteiger partial charge in [-0.1, -0.05) is 42.1 Å². The van der Waals surface area contributed by atoms with Crippen LogP contribution in [0.2, 0.25) is 0 Å². The van der Waals surface area contributed by atoms with E-state index in [-0.39, 0.29) is 0 Å². The third-order valence-electron chi connectivity index (χ3n) is 4.31. The van der Waals surface area contributed by atoms with Gasteiger partial charge in [0.2, 0.25) is 4.73 Å². The fraction of sp³-hybridized carbons (Fsp3) is 0.278. The van der Waals surface area contributed by atoms with Crippen molar-refractivity contribution in [2.24, 2.45) is 0 Å². The van der Waals surface area contributed by atoms with Crippen LogP contribution in [-0.2, 0) is 17.6 Å². The highest BCUT2D eigenvalue weighted by atomic mass is 79.9. The highest BCUT2D eigenvalue weighted by Crippen LogP contribution is 2.44. The summed E-state index contributed by atoms with van der Waals surface area (Å²) in [5.41, 5.74) is 4.14. The molecule has 1 aliphatic rings. The normalized spacial score (nSPS) is 13.6. The van der Waals surface area contributed by atoms with E-state index < -0.39 is 0 Å². The molecule has 4 rings (SSSR count). The van der Waals surface area contributed by atoms with Crippen molar-refractivity contribution >= 4 is 45.3 Å². The number of carbonyl (C=O) groups excluding carboxylic acids is 1. The van der Waals surface area contributed by atoms with Gasteiger partial charge in [-0.2, -0.15) is 0 Å². The van der Waals surface area contributed by atoms with Crippen LogP contribution in [0.5, 0.6) is 0 Å². The summed E-state index contributed by atoms with van der Waals surface area (Å²) < 4.78 is 2.74. The fourth-order valence-corrected chi connectivity index (χ4v) is 5.99. The zero-order chi connectivity index (χ0) is 17.2. The first kappa shape index (κ1) is 17.0. The molecule has 0 saturated heterocycles. The molecule has 0 radical (unpaired) electrons. The molecule has 1 aliphatic carbocycles. The Labute approximate surface area is 162 Å². The maximum absolute atomic E-state index is 10.8. The van der Waals surface area contributed by atoms with E-state index in [1.54, 1.807) is 11.3 Å². The molecule has 128 valence electrons. The highest BCUT2D eigenvalue weighted by Gasteiger charge is 2.25. The molecule has 0 saturated carbocycles. The van der Waals surface area contributed by atoms with Crippen LogP contribution in [0.4, 0.5) is 0 Å². The van der Waals surface area contributed by atoms with Crippen LogP contribution in [0.3, 0.4) is 0 Å². The van der Waals surface area contributed by atoms with E-state index in [4.69, 9.17) is 0 Å². The van der Waals surface area contributed by atoms with Crippen molar-refractivity contribution in [2.75, 3.05) is 5.75 Å². The number of carbonyl (C=O) groups is 1. The van der Waals surface area contributed by atoms with Gasteiger partial charge in [-0.15, -0.1) is 21.5 Å². The summed E-state index contributed by atoms with van der Waals surface area (Å²) in [4.78, 5) is 12.1. The minimum Gasteiger partial charge on any atom is -0.302 e. The summed E-state index contributed by atoms with van der Waals surface area (Å²) >= 11 is 6.75. The van der Waals surface area contributed by atoms with Gasteiger partial charge in [0.15, 0.2) is 5.16 Å². The molecule has 0 atom stereocenters. The van der Waals surface area contributed by atoms with Gasteiger partial charge >= 0.3 is 0 Å².